The zero-order chi connectivity index (χ0) is 39.1. The van der Waals surface area contributed by atoms with E-state index in [9.17, 15) is 29.1 Å². The summed E-state index contributed by atoms with van der Waals surface area (Å²) in [4.78, 5) is 68.5. The first-order chi connectivity index (χ1) is 24.3. The van der Waals surface area contributed by atoms with Gasteiger partial charge in [0.1, 0.15) is 24.2 Å². The number of likely N-dealkylation sites (N-methyl/N-ethyl adjacent to an activating group) is 1. The molecule has 1 saturated heterocycles. The Kier molecular flexibility index (Phi) is 14.7. The van der Waals surface area contributed by atoms with Gasteiger partial charge in [-0.2, -0.15) is 0 Å². The molecule has 1 amide bonds. The average Bonchev–Trinajstić information content (AvgIpc) is 3.10. The van der Waals surface area contributed by atoms with E-state index in [0.29, 0.717) is 0 Å². The summed E-state index contributed by atoms with van der Waals surface area (Å²) in [5.41, 5.74) is -1.98. The van der Waals surface area contributed by atoms with E-state index in [1.165, 1.54) is 45.9 Å². The molecule has 0 bridgehead atoms. The van der Waals surface area contributed by atoms with Crippen LogP contribution < -0.4 is 0 Å². The summed E-state index contributed by atoms with van der Waals surface area (Å²) in [7, 11) is 2.96. The number of benzene rings is 1. The molecule has 0 radical (unpaired) electrons. The van der Waals surface area contributed by atoms with Crippen molar-refractivity contribution in [3.63, 3.8) is 0 Å². The first kappa shape index (κ1) is 42.8. The predicted molar refractivity (Wildman–Crippen MR) is 190 cm³/mol. The summed E-state index contributed by atoms with van der Waals surface area (Å²) >= 11 is 0. The Labute approximate surface area is 307 Å². The molecule has 13 heteroatoms. The number of carbonyl (C=O) groups excluding carboxylic acids is 5. The fraction of sp³-hybridized carbons (Fsp3) is 0.667. The minimum absolute atomic E-state index is 0.0254. The SMILES string of the molecule is CC[C@H]1OC(=O)[C@H](C)C(=O)[C@H](C)[C@@H](O[C@@H]2O[C@H](C)C[C@H](N(C)C(=O)OCc3ccccc3)[C@H]2OC(C)=O)[C@@](C)(OC)C[C@@H](C)C(=O)/C(C)=C/[C@]1(C)O. The van der Waals surface area contributed by atoms with Crippen molar-refractivity contribution in [2.75, 3.05) is 14.2 Å². The van der Waals surface area contributed by atoms with E-state index in [1.807, 2.05) is 30.3 Å². The zero-order valence-electron chi connectivity index (χ0n) is 32.4. The fourth-order valence-corrected chi connectivity index (χ4v) is 7.25. The van der Waals surface area contributed by atoms with Crippen molar-refractivity contribution >= 4 is 29.6 Å². The number of esters is 2. The predicted octanol–water partition coefficient (Wildman–Crippen LogP) is 4.95. The topological polar surface area (TPSA) is 164 Å². The maximum absolute atomic E-state index is 14.1. The molecule has 0 aliphatic carbocycles. The molecule has 2 aliphatic rings. The average molecular weight is 732 g/mol. The van der Waals surface area contributed by atoms with Gasteiger partial charge in [0.15, 0.2) is 24.0 Å². The van der Waals surface area contributed by atoms with Crippen LogP contribution >= 0.6 is 0 Å². The van der Waals surface area contributed by atoms with E-state index in [4.69, 9.17) is 28.4 Å². The highest BCUT2D eigenvalue weighted by molar-refractivity contribution is 6.00. The van der Waals surface area contributed by atoms with Crippen molar-refractivity contribution in [2.45, 2.75) is 136 Å². The Hall–Kier alpha value is -3.65. The first-order valence-corrected chi connectivity index (χ1v) is 17.9. The molecule has 1 aromatic carbocycles. The highest BCUT2D eigenvalue weighted by atomic mass is 16.7. The fourth-order valence-electron chi connectivity index (χ4n) is 7.25. The van der Waals surface area contributed by atoms with Gasteiger partial charge in [0.25, 0.3) is 0 Å². The van der Waals surface area contributed by atoms with E-state index in [-0.39, 0.29) is 37.2 Å². The normalized spacial score (nSPS) is 36.1. The van der Waals surface area contributed by atoms with Gasteiger partial charge in [-0.1, -0.05) is 51.1 Å². The first-order valence-electron chi connectivity index (χ1n) is 17.9. The minimum atomic E-state index is -1.68. The van der Waals surface area contributed by atoms with E-state index in [0.717, 1.165) is 5.56 Å². The number of hydrogen-bond acceptors (Lipinski definition) is 12. The largest absolute Gasteiger partial charge is 0.458 e. The van der Waals surface area contributed by atoms with Crippen LogP contribution in [0, 0.1) is 17.8 Å². The van der Waals surface area contributed by atoms with Gasteiger partial charge in [0.2, 0.25) is 0 Å². The second-order valence-electron chi connectivity index (χ2n) is 14.7. The molecule has 52 heavy (non-hydrogen) atoms. The number of nitrogens with zero attached hydrogens (tertiary/aromatic N) is 1. The Morgan fingerprint density at radius 1 is 1.06 bits per heavy atom. The van der Waals surface area contributed by atoms with E-state index in [1.54, 1.807) is 41.5 Å². The molecule has 1 aromatic rings. The molecule has 0 saturated carbocycles. The molecule has 3 rings (SSSR count). The van der Waals surface area contributed by atoms with Gasteiger partial charge in [-0.25, -0.2) is 4.79 Å². The number of allylic oxidation sites excluding steroid dienone is 1. The lowest BCUT2D eigenvalue weighted by Crippen LogP contribution is -2.61. The van der Waals surface area contributed by atoms with Gasteiger partial charge in [-0.3, -0.25) is 19.2 Å². The van der Waals surface area contributed by atoms with Gasteiger partial charge >= 0.3 is 18.0 Å². The number of methoxy groups -OCH3 is 1. The number of rotatable bonds is 8. The Bertz CT molecular complexity index is 1460. The van der Waals surface area contributed by atoms with Crippen molar-refractivity contribution < 1.29 is 57.5 Å². The summed E-state index contributed by atoms with van der Waals surface area (Å²) in [6, 6.07) is 8.42. The highest BCUT2D eigenvalue weighted by Crippen LogP contribution is 2.38. The van der Waals surface area contributed by atoms with Crippen LogP contribution in [0.3, 0.4) is 0 Å². The summed E-state index contributed by atoms with van der Waals surface area (Å²) in [5, 5.41) is 11.3. The number of ether oxygens (including phenoxy) is 6. The number of ketones is 2. The summed E-state index contributed by atoms with van der Waals surface area (Å²) in [5.74, 6) is -5.33. The highest BCUT2D eigenvalue weighted by Gasteiger charge is 2.51. The van der Waals surface area contributed by atoms with Gasteiger partial charge < -0.3 is 38.4 Å². The van der Waals surface area contributed by atoms with Crippen molar-refractivity contribution in [3.8, 4) is 0 Å². The molecule has 1 N–H and O–H groups in total. The number of cyclic esters (lactones) is 1. The number of hydrogen-bond donors (Lipinski definition) is 1. The van der Waals surface area contributed by atoms with E-state index >= 15 is 0 Å². The smallest absolute Gasteiger partial charge is 0.410 e. The zero-order valence-corrected chi connectivity index (χ0v) is 32.4. The van der Waals surface area contributed by atoms with Crippen LogP contribution in [0.15, 0.2) is 42.0 Å². The molecule has 0 unspecified atom stereocenters. The van der Waals surface area contributed by atoms with Crippen LogP contribution in [-0.4, -0.2) is 102 Å². The third-order valence-electron chi connectivity index (χ3n) is 10.2. The Morgan fingerprint density at radius 2 is 1.69 bits per heavy atom. The van der Waals surface area contributed by atoms with Crippen LogP contribution in [-0.2, 0) is 54.2 Å². The molecule has 0 spiro atoms. The number of amides is 1. The second-order valence-corrected chi connectivity index (χ2v) is 14.7. The quantitative estimate of drug-likeness (QED) is 0.218. The van der Waals surface area contributed by atoms with Crippen molar-refractivity contribution in [2.24, 2.45) is 17.8 Å². The maximum Gasteiger partial charge on any atom is 0.410 e. The van der Waals surface area contributed by atoms with E-state index in [2.05, 4.69) is 0 Å². The molecule has 13 nitrogen and oxygen atoms in total. The maximum atomic E-state index is 14.1. The van der Waals surface area contributed by atoms with Gasteiger partial charge in [-0.05, 0) is 71.1 Å². The lowest BCUT2D eigenvalue weighted by molar-refractivity contribution is -0.297. The summed E-state index contributed by atoms with van der Waals surface area (Å²) in [6.07, 6.45) is -3.92. The summed E-state index contributed by atoms with van der Waals surface area (Å²) in [6.45, 7) is 14.2. The second kappa shape index (κ2) is 17.9. The minimum Gasteiger partial charge on any atom is -0.458 e. The van der Waals surface area contributed by atoms with Crippen molar-refractivity contribution in [1.29, 1.82) is 0 Å². The van der Waals surface area contributed by atoms with Gasteiger partial charge in [0, 0.05) is 32.9 Å². The Balaban J connectivity index is 2.06. The third kappa shape index (κ3) is 10.3. The molecule has 290 valence electrons. The van der Waals surface area contributed by atoms with Gasteiger partial charge in [0.05, 0.1) is 23.9 Å². The van der Waals surface area contributed by atoms with E-state index < -0.39 is 89.5 Å². The summed E-state index contributed by atoms with van der Waals surface area (Å²) < 4.78 is 36.0. The van der Waals surface area contributed by atoms with Crippen LogP contribution in [0.2, 0.25) is 0 Å². The lowest BCUT2D eigenvalue weighted by Gasteiger charge is -2.47. The molecular formula is C39H57NO12. The van der Waals surface area contributed by atoms with Gasteiger partial charge in [-0.15, -0.1) is 0 Å². The van der Waals surface area contributed by atoms with Crippen LogP contribution in [0.4, 0.5) is 4.79 Å². The monoisotopic (exact) mass is 731 g/mol. The molecule has 1 fully saturated rings. The molecule has 11 atom stereocenters. The van der Waals surface area contributed by atoms with Crippen LogP contribution in [0.5, 0.6) is 0 Å². The molecule has 2 heterocycles. The van der Waals surface area contributed by atoms with Crippen molar-refractivity contribution in [3.05, 3.63) is 47.5 Å². The van der Waals surface area contributed by atoms with Crippen molar-refractivity contribution in [1.82, 2.24) is 4.90 Å². The number of aliphatic hydroxyl groups is 1. The number of Topliss-reactive ketones (excluding diaryl/α,β-unsaturated/α-hetero) is 2. The lowest BCUT2D eigenvalue weighted by atomic mass is 9.77. The molecular weight excluding hydrogens is 674 g/mol. The van der Waals surface area contributed by atoms with Crippen LogP contribution in [0.1, 0.15) is 87.1 Å². The molecule has 2 aliphatic heterocycles. The van der Waals surface area contributed by atoms with Crippen LogP contribution in [0.25, 0.3) is 0 Å². The Morgan fingerprint density at radius 3 is 2.27 bits per heavy atom. The standard InChI is InChI=1S/C39H57NO12/c1-12-30-38(8,46)19-22(2)31(42)23(3)20-39(9,47-11)34(25(5)32(43)26(6)35(44)51-30)52-36-33(50-27(7)41)29(18-24(4)49-36)40(10)37(45)48-21-28-16-14-13-15-17-28/h13-17,19,23-26,29-30,33-34,36,46H,12,18,20-21H2,1-11H3/b22-19+/t23-,24-,25+,26-,29+,30-,33-,34-,36+,38+,39+/m1/s1. The number of carbonyl (C=O) groups is 5. The molecule has 0 aromatic heterocycles. The third-order valence-corrected chi connectivity index (χ3v) is 10.2.